The second-order valence-corrected chi connectivity index (χ2v) is 9.85. The summed E-state index contributed by atoms with van der Waals surface area (Å²) in [6, 6.07) is 20.6. The van der Waals surface area contributed by atoms with E-state index in [1.54, 1.807) is 60.7 Å². The largest absolute Gasteiger partial charge is 0.481 e. The van der Waals surface area contributed by atoms with E-state index in [4.69, 9.17) is 19.9 Å². The summed E-state index contributed by atoms with van der Waals surface area (Å²) in [6.45, 7) is -0.448. The monoisotopic (exact) mass is 640 g/mol. The van der Waals surface area contributed by atoms with Crippen LogP contribution in [0.1, 0.15) is 6.42 Å². The third-order valence-corrected chi connectivity index (χ3v) is 6.54. The van der Waals surface area contributed by atoms with Crippen molar-refractivity contribution in [3.05, 3.63) is 101 Å². The normalized spacial score (nSPS) is 17.7. The molecule has 0 aliphatic heterocycles. The molecule has 4 rings (SSSR count). The first kappa shape index (κ1) is 30.1. The molecule has 3 atom stereocenters. The second-order valence-electron chi connectivity index (χ2n) is 9.00. The van der Waals surface area contributed by atoms with Gasteiger partial charge in [-0.3, -0.25) is 20.2 Å². The van der Waals surface area contributed by atoms with Crippen LogP contribution in [0, 0.1) is 5.82 Å². The molecule has 1 aliphatic rings. The topological polar surface area (TPSA) is 158 Å². The van der Waals surface area contributed by atoms with E-state index in [0.717, 1.165) is 6.07 Å². The number of hydrogen-bond acceptors (Lipinski definition) is 7. The Morgan fingerprint density at radius 1 is 0.881 bits per heavy atom. The third-order valence-electron chi connectivity index (χ3n) is 5.89. The lowest BCUT2D eigenvalue weighted by atomic mass is 9.91. The van der Waals surface area contributed by atoms with E-state index in [2.05, 4.69) is 31.9 Å². The number of benzene rings is 3. The van der Waals surface area contributed by atoms with Gasteiger partial charge in [0.25, 0.3) is 0 Å². The number of carbonyl (C=O) groups is 4. The lowest BCUT2D eigenvalue weighted by Crippen LogP contribution is -2.50. The summed E-state index contributed by atoms with van der Waals surface area (Å²) in [6.07, 6.45) is -4.48. The van der Waals surface area contributed by atoms with Crippen LogP contribution in [0.15, 0.2) is 95.0 Å². The Balaban J connectivity index is 1.66. The third kappa shape index (κ3) is 8.54. The van der Waals surface area contributed by atoms with Crippen molar-refractivity contribution in [2.45, 2.75) is 24.7 Å². The smallest absolute Gasteiger partial charge is 0.412 e. The number of nitrogens with one attached hydrogen (secondary N) is 3. The van der Waals surface area contributed by atoms with Crippen molar-refractivity contribution < 1.29 is 37.8 Å². The van der Waals surface area contributed by atoms with E-state index in [0.29, 0.717) is 15.8 Å². The first-order valence-electron chi connectivity index (χ1n) is 12.6. The molecule has 0 fully saturated rings. The van der Waals surface area contributed by atoms with Gasteiger partial charge in [-0.15, -0.1) is 0 Å². The summed E-state index contributed by atoms with van der Waals surface area (Å²) in [4.78, 5) is 50.0. The van der Waals surface area contributed by atoms with Crippen LogP contribution < -0.4 is 26.4 Å². The lowest BCUT2D eigenvalue weighted by molar-refractivity contribution is -0.123. The SMILES string of the molecule is NC(=O)CNC(=O)C1=CC(Oc2cc(F)ccc2Br)C(OC(=O)Nc2ccccc2)C(OC(=O)Nc2ccccc2)C1. The van der Waals surface area contributed by atoms with E-state index in [-0.39, 0.29) is 17.7 Å². The molecule has 0 aromatic heterocycles. The van der Waals surface area contributed by atoms with E-state index in [1.807, 2.05) is 0 Å². The number of ether oxygens (including phenoxy) is 3. The van der Waals surface area contributed by atoms with Crippen LogP contribution in [0.4, 0.5) is 25.4 Å². The predicted molar refractivity (Wildman–Crippen MR) is 154 cm³/mol. The highest BCUT2D eigenvalue weighted by molar-refractivity contribution is 9.10. The summed E-state index contributed by atoms with van der Waals surface area (Å²) < 4.78 is 31.8. The van der Waals surface area contributed by atoms with E-state index in [9.17, 15) is 23.6 Å². The summed E-state index contributed by atoms with van der Waals surface area (Å²) in [5.74, 6) is -2.05. The van der Waals surface area contributed by atoms with Crippen LogP contribution in [0.2, 0.25) is 0 Å². The fraction of sp³-hybridized carbons (Fsp3) is 0.172. The minimum absolute atomic E-state index is 0.0274. The molecule has 0 bridgehead atoms. The molecule has 1 aliphatic carbocycles. The van der Waals surface area contributed by atoms with Crippen LogP contribution in [-0.2, 0) is 19.1 Å². The van der Waals surface area contributed by atoms with Gasteiger partial charge in [-0.25, -0.2) is 14.0 Å². The van der Waals surface area contributed by atoms with Crippen molar-refractivity contribution >= 4 is 51.3 Å². The highest BCUT2D eigenvalue weighted by atomic mass is 79.9. The maximum absolute atomic E-state index is 14.1. The summed E-state index contributed by atoms with van der Waals surface area (Å²) in [5, 5.41) is 7.53. The molecule has 3 aromatic rings. The number of para-hydroxylation sites is 2. The van der Waals surface area contributed by atoms with E-state index < -0.39 is 54.7 Å². The lowest BCUT2D eigenvalue weighted by Gasteiger charge is -2.35. The first-order chi connectivity index (χ1) is 20.2. The number of anilines is 2. The molecule has 3 aromatic carbocycles. The summed E-state index contributed by atoms with van der Waals surface area (Å²) in [5.41, 5.74) is 6.08. The van der Waals surface area contributed by atoms with Crippen molar-refractivity contribution in [2.24, 2.45) is 5.73 Å². The fourth-order valence-electron chi connectivity index (χ4n) is 4.02. The molecule has 11 nitrogen and oxygen atoms in total. The Kier molecular flexibility index (Phi) is 10.1. The van der Waals surface area contributed by atoms with Crippen LogP contribution in [-0.4, -0.2) is 48.9 Å². The van der Waals surface area contributed by atoms with Crippen molar-refractivity contribution in [1.29, 1.82) is 0 Å². The van der Waals surface area contributed by atoms with Crippen molar-refractivity contribution in [3.8, 4) is 5.75 Å². The average Bonchev–Trinajstić information content (AvgIpc) is 2.96. The number of halogens is 2. The van der Waals surface area contributed by atoms with Crippen LogP contribution in [0.3, 0.4) is 0 Å². The van der Waals surface area contributed by atoms with Crippen LogP contribution in [0.25, 0.3) is 0 Å². The van der Waals surface area contributed by atoms with E-state index in [1.165, 1.54) is 18.2 Å². The van der Waals surface area contributed by atoms with Crippen molar-refractivity contribution in [2.75, 3.05) is 17.2 Å². The maximum atomic E-state index is 14.1. The summed E-state index contributed by atoms with van der Waals surface area (Å²) in [7, 11) is 0. The Hall–Kier alpha value is -4.91. The Bertz CT molecular complexity index is 1470. The van der Waals surface area contributed by atoms with Crippen molar-refractivity contribution in [3.63, 3.8) is 0 Å². The highest BCUT2D eigenvalue weighted by Crippen LogP contribution is 2.32. The molecule has 3 unspecified atom stereocenters. The fourth-order valence-corrected chi connectivity index (χ4v) is 4.36. The van der Waals surface area contributed by atoms with Gasteiger partial charge >= 0.3 is 12.2 Å². The zero-order chi connectivity index (χ0) is 30.1. The Labute approximate surface area is 248 Å². The molecular weight excluding hydrogens is 615 g/mol. The van der Waals surface area contributed by atoms with Crippen LogP contribution in [0.5, 0.6) is 5.75 Å². The number of nitrogens with two attached hydrogens (primary N) is 1. The molecule has 4 amide bonds. The zero-order valence-corrected chi connectivity index (χ0v) is 23.5. The van der Waals surface area contributed by atoms with Gasteiger partial charge in [0.15, 0.2) is 12.2 Å². The number of rotatable bonds is 9. The molecule has 5 N–H and O–H groups in total. The van der Waals surface area contributed by atoms with Gasteiger partial charge in [0.1, 0.15) is 17.7 Å². The minimum atomic E-state index is -1.31. The van der Waals surface area contributed by atoms with Gasteiger partial charge in [-0.05, 0) is 58.4 Å². The van der Waals surface area contributed by atoms with Gasteiger partial charge in [-0.1, -0.05) is 36.4 Å². The van der Waals surface area contributed by atoms with Gasteiger partial charge in [0.2, 0.25) is 11.8 Å². The Morgan fingerprint density at radius 2 is 1.48 bits per heavy atom. The number of primary amides is 1. The molecule has 0 saturated carbocycles. The Morgan fingerprint density at radius 3 is 2.07 bits per heavy atom. The van der Waals surface area contributed by atoms with Gasteiger partial charge in [0, 0.05) is 29.4 Å². The molecule has 0 spiro atoms. The molecule has 0 radical (unpaired) electrons. The predicted octanol–water partition coefficient (Wildman–Crippen LogP) is 4.50. The van der Waals surface area contributed by atoms with E-state index >= 15 is 0 Å². The standard InChI is InChI=1S/C29H26BrFN4O7/c30-21-12-11-18(31)15-22(21)40-23-13-17(27(37)33-16-25(32)36)14-24(41-28(38)34-19-7-3-1-4-8-19)26(23)42-29(39)35-20-9-5-2-6-10-20/h1-13,15,23-24,26H,14,16H2,(H2,32,36)(H,33,37)(H,34,38)(H,35,39). The molecule has 42 heavy (non-hydrogen) atoms. The summed E-state index contributed by atoms with van der Waals surface area (Å²) >= 11 is 3.29. The van der Waals surface area contributed by atoms with Gasteiger partial charge in [0.05, 0.1) is 11.0 Å². The number of amides is 4. The minimum Gasteiger partial charge on any atom is -0.481 e. The molecule has 0 saturated heterocycles. The highest BCUT2D eigenvalue weighted by Gasteiger charge is 2.42. The van der Waals surface area contributed by atoms with Crippen molar-refractivity contribution in [1.82, 2.24) is 5.32 Å². The maximum Gasteiger partial charge on any atom is 0.412 e. The molecule has 13 heteroatoms. The van der Waals surface area contributed by atoms with Gasteiger partial charge in [-0.2, -0.15) is 0 Å². The zero-order valence-electron chi connectivity index (χ0n) is 21.9. The number of hydrogen-bond donors (Lipinski definition) is 4. The first-order valence-corrected chi connectivity index (χ1v) is 13.4. The molecule has 218 valence electrons. The average molecular weight is 641 g/mol. The molecule has 0 heterocycles. The van der Waals surface area contributed by atoms with Crippen LogP contribution >= 0.6 is 15.9 Å². The molecular formula is C29H26BrFN4O7. The number of carbonyl (C=O) groups excluding carboxylic acids is 4. The quantitative estimate of drug-likeness (QED) is 0.268. The van der Waals surface area contributed by atoms with Gasteiger partial charge < -0.3 is 25.3 Å². The second kappa shape index (κ2) is 14.1.